The molecule has 3 rings (SSSR count). The van der Waals surface area contributed by atoms with Gasteiger partial charge in [-0.25, -0.2) is 9.37 Å². The second-order valence-corrected chi connectivity index (χ2v) is 6.25. The Morgan fingerprint density at radius 1 is 0.962 bits per heavy atom. The van der Waals surface area contributed by atoms with Crippen LogP contribution in [0, 0.1) is 19.7 Å². The van der Waals surface area contributed by atoms with Crippen LogP contribution in [0.4, 0.5) is 21.8 Å². The topological polar surface area (TPSA) is 49.8 Å². The molecule has 1 aromatic heterocycles. The zero-order chi connectivity index (χ0) is 18.5. The minimum atomic E-state index is -0.225. The molecule has 0 aliphatic rings. The lowest BCUT2D eigenvalue weighted by Gasteiger charge is -2.14. The first-order valence-electron chi connectivity index (χ1n) is 8.75. The van der Waals surface area contributed by atoms with Gasteiger partial charge in [0.2, 0.25) is 5.95 Å². The summed E-state index contributed by atoms with van der Waals surface area (Å²) in [6, 6.07) is 14.8. The molecule has 2 N–H and O–H groups in total. The molecule has 26 heavy (non-hydrogen) atoms. The number of anilines is 3. The summed E-state index contributed by atoms with van der Waals surface area (Å²) in [5, 5.41) is 6.53. The predicted molar refractivity (Wildman–Crippen MR) is 104 cm³/mol. The summed E-state index contributed by atoms with van der Waals surface area (Å²) in [5.74, 6) is 0.969. The maximum Gasteiger partial charge on any atom is 0.229 e. The van der Waals surface area contributed by atoms with Crippen LogP contribution in [0.15, 0.2) is 48.5 Å². The van der Waals surface area contributed by atoms with Gasteiger partial charge in [0, 0.05) is 29.6 Å². The molecule has 2 aromatic carbocycles. The van der Waals surface area contributed by atoms with E-state index in [0.29, 0.717) is 23.9 Å². The maximum atomic E-state index is 13.8. The minimum Gasteiger partial charge on any atom is -0.366 e. The average Bonchev–Trinajstić information content (AvgIpc) is 2.62. The molecule has 0 unspecified atom stereocenters. The van der Waals surface area contributed by atoms with Crippen LogP contribution in [0.1, 0.15) is 29.3 Å². The fourth-order valence-electron chi connectivity index (χ4n) is 2.86. The van der Waals surface area contributed by atoms with Gasteiger partial charge in [-0.15, -0.1) is 0 Å². The molecular formula is C21H23FN4. The third-order valence-corrected chi connectivity index (χ3v) is 4.25. The van der Waals surface area contributed by atoms with Gasteiger partial charge in [-0.05, 0) is 37.5 Å². The molecule has 0 fully saturated rings. The molecule has 0 bridgehead atoms. The van der Waals surface area contributed by atoms with Crippen molar-refractivity contribution in [2.45, 2.75) is 33.7 Å². The van der Waals surface area contributed by atoms with Crippen molar-refractivity contribution in [2.24, 2.45) is 0 Å². The Balaban J connectivity index is 1.81. The van der Waals surface area contributed by atoms with E-state index in [9.17, 15) is 4.39 Å². The summed E-state index contributed by atoms with van der Waals surface area (Å²) < 4.78 is 13.8. The van der Waals surface area contributed by atoms with Gasteiger partial charge in [0.25, 0.3) is 0 Å². The lowest BCUT2D eigenvalue weighted by atomic mass is 10.1. The normalized spacial score (nSPS) is 10.6. The van der Waals surface area contributed by atoms with Gasteiger partial charge in [0.05, 0.1) is 0 Å². The number of halogens is 1. The van der Waals surface area contributed by atoms with E-state index in [1.807, 2.05) is 19.1 Å². The van der Waals surface area contributed by atoms with E-state index in [0.717, 1.165) is 23.4 Å². The molecule has 1 heterocycles. The highest BCUT2D eigenvalue weighted by atomic mass is 19.1. The Hall–Kier alpha value is -2.95. The molecule has 0 aliphatic heterocycles. The number of benzene rings is 2. The van der Waals surface area contributed by atoms with Crippen molar-refractivity contribution in [1.82, 2.24) is 9.97 Å². The average molecular weight is 350 g/mol. The molecule has 0 aliphatic carbocycles. The molecule has 0 atom stereocenters. The fourth-order valence-corrected chi connectivity index (χ4v) is 2.86. The Morgan fingerprint density at radius 3 is 2.50 bits per heavy atom. The zero-order valence-electron chi connectivity index (χ0n) is 15.3. The van der Waals surface area contributed by atoms with Crippen molar-refractivity contribution in [3.05, 3.63) is 76.7 Å². The van der Waals surface area contributed by atoms with E-state index < -0.39 is 0 Å². The van der Waals surface area contributed by atoms with E-state index in [4.69, 9.17) is 0 Å². The van der Waals surface area contributed by atoms with E-state index in [1.54, 1.807) is 12.1 Å². The number of hydrogen-bond donors (Lipinski definition) is 2. The van der Waals surface area contributed by atoms with E-state index in [2.05, 4.69) is 52.6 Å². The fraction of sp³-hybridized carbons (Fsp3) is 0.238. The highest BCUT2D eigenvalue weighted by molar-refractivity contribution is 5.64. The minimum absolute atomic E-state index is 0.225. The van der Waals surface area contributed by atoms with Crippen molar-refractivity contribution in [2.75, 3.05) is 10.6 Å². The second-order valence-electron chi connectivity index (χ2n) is 6.25. The highest BCUT2D eigenvalue weighted by Crippen LogP contribution is 2.24. The summed E-state index contributed by atoms with van der Waals surface area (Å²) in [6.45, 7) is 6.47. The number of rotatable bonds is 6. The van der Waals surface area contributed by atoms with E-state index in [1.165, 1.54) is 11.6 Å². The number of nitrogens with zero attached hydrogens (tertiary/aromatic N) is 2. The largest absolute Gasteiger partial charge is 0.366 e. The first kappa shape index (κ1) is 17.9. The molecule has 4 nitrogen and oxygen atoms in total. The standard InChI is InChI=1S/C21H23FN4/c1-4-16-10-7-8-14(2)20(16)26-21-24-15(3)12-19(25-21)23-13-17-9-5-6-11-18(17)22/h5-12H,4,13H2,1-3H3,(H2,23,24,25,26). The Morgan fingerprint density at radius 2 is 1.73 bits per heavy atom. The third-order valence-electron chi connectivity index (χ3n) is 4.25. The van der Waals surface area contributed by atoms with Crippen LogP contribution in [0.5, 0.6) is 0 Å². The Labute approximate surface area is 153 Å². The SMILES string of the molecule is CCc1cccc(C)c1Nc1nc(C)cc(NCc2ccccc2F)n1. The van der Waals surface area contributed by atoms with Gasteiger partial charge in [-0.1, -0.05) is 43.3 Å². The molecule has 3 aromatic rings. The number of hydrogen-bond acceptors (Lipinski definition) is 4. The number of aromatic nitrogens is 2. The summed E-state index contributed by atoms with van der Waals surface area (Å²) in [5.41, 5.74) is 4.85. The molecule has 0 saturated carbocycles. The summed E-state index contributed by atoms with van der Waals surface area (Å²) >= 11 is 0. The summed E-state index contributed by atoms with van der Waals surface area (Å²) in [7, 11) is 0. The van der Waals surface area contributed by atoms with Gasteiger partial charge in [-0.3, -0.25) is 0 Å². The van der Waals surface area contributed by atoms with Crippen molar-refractivity contribution in [3.63, 3.8) is 0 Å². The molecule has 0 radical (unpaired) electrons. The zero-order valence-corrected chi connectivity index (χ0v) is 15.3. The van der Waals surface area contributed by atoms with E-state index in [-0.39, 0.29) is 5.82 Å². The lowest BCUT2D eigenvalue weighted by Crippen LogP contribution is -2.07. The number of aryl methyl sites for hydroxylation is 3. The van der Waals surface area contributed by atoms with E-state index >= 15 is 0 Å². The summed E-state index contributed by atoms with van der Waals surface area (Å²) in [4.78, 5) is 9.02. The number of nitrogens with one attached hydrogen (secondary N) is 2. The van der Waals surface area contributed by atoms with Crippen molar-refractivity contribution in [3.8, 4) is 0 Å². The van der Waals surface area contributed by atoms with Gasteiger partial charge >= 0.3 is 0 Å². The molecule has 134 valence electrons. The predicted octanol–water partition coefficient (Wildman–Crippen LogP) is 5.15. The van der Waals surface area contributed by atoms with Crippen molar-refractivity contribution >= 4 is 17.5 Å². The second kappa shape index (κ2) is 7.95. The quantitative estimate of drug-likeness (QED) is 0.645. The smallest absolute Gasteiger partial charge is 0.229 e. The van der Waals surface area contributed by atoms with Gasteiger partial charge in [0.1, 0.15) is 11.6 Å². The summed E-state index contributed by atoms with van der Waals surface area (Å²) in [6.07, 6.45) is 0.925. The number of para-hydroxylation sites is 1. The first-order valence-corrected chi connectivity index (χ1v) is 8.75. The Bertz CT molecular complexity index is 908. The van der Waals surface area contributed by atoms with Crippen LogP contribution in [0.25, 0.3) is 0 Å². The van der Waals surface area contributed by atoms with Gasteiger partial charge < -0.3 is 10.6 Å². The highest BCUT2D eigenvalue weighted by Gasteiger charge is 2.08. The lowest BCUT2D eigenvalue weighted by molar-refractivity contribution is 0.613. The van der Waals surface area contributed by atoms with Gasteiger partial charge in [-0.2, -0.15) is 4.98 Å². The van der Waals surface area contributed by atoms with Crippen LogP contribution >= 0.6 is 0 Å². The first-order chi connectivity index (χ1) is 12.6. The Kier molecular flexibility index (Phi) is 5.46. The molecule has 5 heteroatoms. The molecule has 0 saturated heterocycles. The van der Waals surface area contributed by atoms with Crippen molar-refractivity contribution < 1.29 is 4.39 Å². The maximum absolute atomic E-state index is 13.8. The molecule has 0 amide bonds. The van der Waals surface area contributed by atoms with Crippen LogP contribution in [0.3, 0.4) is 0 Å². The third kappa shape index (κ3) is 4.17. The molecular weight excluding hydrogens is 327 g/mol. The monoisotopic (exact) mass is 350 g/mol. The van der Waals surface area contributed by atoms with Crippen LogP contribution < -0.4 is 10.6 Å². The van der Waals surface area contributed by atoms with Crippen molar-refractivity contribution in [1.29, 1.82) is 0 Å². The van der Waals surface area contributed by atoms with Crippen LogP contribution in [0.2, 0.25) is 0 Å². The van der Waals surface area contributed by atoms with Crippen LogP contribution in [-0.2, 0) is 13.0 Å². The van der Waals surface area contributed by atoms with Gasteiger partial charge in [0.15, 0.2) is 0 Å². The molecule has 0 spiro atoms. The van der Waals surface area contributed by atoms with Crippen LogP contribution in [-0.4, -0.2) is 9.97 Å².